The molecule has 0 spiro atoms. The Balaban J connectivity index is 0.00000324. The van der Waals surface area contributed by atoms with Crippen molar-refractivity contribution >= 4 is 35.5 Å². The van der Waals surface area contributed by atoms with Gasteiger partial charge in [-0.2, -0.15) is 4.98 Å². The molecule has 0 saturated carbocycles. The molecule has 34 heavy (non-hydrogen) atoms. The summed E-state index contributed by atoms with van der Waals surface area (Å²) < 4.78 is 5.90. The highest BCUT2D eigenvalue weighted by Gasteiger charge is 2.14. The van der Waals surface area contributed by atoms with Crippen molar-refractivity contribution in [2.75, 3.05) is 36.9 Å². The van der Waals surface area contributed by atoms with Crippen LogP contribution < -0.4 is 15.4 Å². The van der Waals surface area contributed by atoms with Gasteiger partial charge in [0.05, 0.1) is 0 Å². The van der Waals surface area contributed by atoms with Crippen LogP contribution in [0.1, 0.15) is 44.7 Å². The molecule has 4 rings (SSSR count). The Morgan fingerprint density at radius 3 is 2.41 bits per heavy atom. The molecule has 7 heteroatoms. The van der Waals surface area contributed by atoms with Crippen molar-refractivity contribution in [3.8, 4) is 5.75 Å². The van der Waals surface area contributed by atoms with Gasteiger partial charge in [0.15, 0.2) is 0 Å². The SMILES string of the molecule is Cc1cnc(Nc2ccc(OCCN3CCCC3)cc2)nc1Nc1cccc(C(C)(C)C)c1.Cl. The number of hydrogen-bond acceptors (Lipinski definition) is 6. The molecule has 0 atom stereocenters. The predicted octanol–water partition coefficient (Wildman–Crippen LogP) is 6.47. The van der Waals surface area contributed by atoms with E-state index in [2.05, 4.69) is 65.6 Å². The summed E-state index contributed by atoms with van der Waals surface area (Å²) in [6, 6.07) is 16.4. The van der Waals surface area contributed by atoms with Crippen LogP contribution in [-0.4, -0.2) is 41.1 Å². The van der Waals surface area contributed by atoms with Crippen molar-refractivity contribution in [3.05, 3.63) is 65.9 Å². The Morgan fingerprint density at radius 2 is 1.71 bits per heavy atom. The smallest absolute Gasteiger partial charge is 0.229 e. The van der Waals surface area contributed by atoms with Gasteiger partial charge in [0.25, 0.3) is 0 Å². The lowest BCUT2D eigenvalue weighted by molar-refractivity contribution is 0.238. The van der Waals surface area contributed by atoms with E-state index in [0.717, 1.165) is 41.7 Å². The van der Waals surface area contributed by atoms with Crippen LogP contribution in [0.5, 0.6) is 5.75 Å². The normalized spacial score (nSPS) is 13.9. The van der Waals surface area contributed by atoms with Gasteiger partial charge in [0.2, 0.25) is 5.95 Å². The highest BCUT2D eigenvalue weighted by atomic mass is 35.5. The molecule has 1 aliphatic rings. The second-order valence-corrected chi connectivity index (χ2v) is 9.73. The van der Waals surface area contributed by atoms with E-state index in [1.165, 1.54) is 31.5 Å². The number of nitrogens with zero attached hydrogens (tertiary/aromatic N) is 3. The van der Waals surface area contributed by atoms with Crippen LogP contribution in [0.2, 0.25) is 0 Å². The van der Waals surface area contributed by atoms with Gasteiger partial charge in [-0.3, -0.25) is 4.90 Å². The number of aromatic nitrogens is 2. The summed E-state index contributed by atoms with van der Waals surface area (Å²) in [4.78, 5) is 11.6. The maximum Gasteiger partial charge on any atom is 0.229 e. The molecule has 1 aromatic heterocycles. The third-order valence-corrected chi connectivity index (χ3v) is 5.95. The second-order valence-electron chi connectivity index (χ2n) is 9.73. The van der Waals surface area contributed by atoms with E-state index in [1.54, 1.807) is 0 Å². The monoisotopic (exact) mass is 481 g/mol. The molecule has 182 valence electrons. The van der Waals surface area contributed by atoms with Crippen LogP contribution in [0.15, 0.2) is 54.7 Å². The molecule has 1 aliphatic heterocycles. The molecule has 2 heterocycles. The summed E-state index contributed by atoms with van der Waals surface area (Å²) in [6.07, 6.45) is 4.45. The number of ether oxygens (including phenoxy) is 1. The molecular formula is C27H36ClN5O. The Morgan fingerprint density at radius 1 is 0.971 bits per heavy atom. The molecule has 0 bridgehead atoms. The minimum Gasteiger partial charge on any atom is -0.492 e. The summed E-state index contributed by atoms with van der Waals surface area (Å²) in [5.74, 6) is 2.23. The van der Waals surface area contributed by atoms with Crippen molar-refractivity contribution in [3.63, 3.8) is 0 Å². The summed E-state index contributed by atoms with van der Waals surface area (Å²) in [7, 11) is 0. The number of benzene rings is 2. The molecule has 2 N–H and O–H groups in total. The lowest BCUT2D eigenvalue weighted by Crippen LogP contribution is -2.25. The molecule has 0 radical (unpaired) electrons. The number of aryl methyl sites for hydroxylation is 1. The van der Waals surface area contributed by atoms with Crippen molar-refractivity contribution in [1.29, 1.82) is 0 Å². The lowest BCUT2D eigenvalue weighted by Gasteiger charge is -2.20. The van der Waals surface area contributed by atoms with E-state index in [1.807, 2.05) is 37.4 Å². The van der Waals surface area contributed by atoms with E-state index < -0.39 is 0 Å². The predicted molar refractivity (Wildman–Crippen MR) is 143 cm³/mol. The first-order chi connectivity index (χ1) is 15.9. The van der Waals surface area contributed by atoms with Gasteiger partial charge in [-0.1, -0.05) is 32.9 Å². The molecule has 0 amide bonds. The maximum atomic E-state index is 5.90. The fraction of sp³-hybridized carbons (Fsp3) is 0.407. The van der Waals surface area contributed by atoms with Gasteiger partial charge >= 0.3 is 0 Å². The zero-order chi connectivity index (χ0) is 23.3. The number of nitrogens with one attached hydrogen (secondary N) is 2. The zero-order valence-electron chi connectivity index (χ0n) is 20.6. The summed E-state index contributed by atoms with van der Waals surface area (Å²) in [5, 5.41) is 6.75. The van der Waals surface area contributed by atoms with Crippen LogP contribution in [-0.2, 0) is 5.41 Å². The van der Waals surface area contributed by atoms with Crippen LogP contribution >= 0.6 is 12.4 Å². The van der Waals surface area contributed by atoms with Crippen molar-refractivity contribution in [2.45, 2.75) is 46.0 Å². The average Bonchev–Trinajstić information content (AvgIpc) is 3.30. The largest absolute Gasteiger partial charge is 0.492 e. The molecule has 6 nitrogen and oxygen atoms in total. The third-order valence-electron chi connectivity index (χ3n) is 5.95. The van der Waals surface area contributed by atoms with Crippen LogP contribution in [0.25, 0.3) is 0 Å². The topological polar surface area (TPSA) is 62.3 Å². The Kier molecular flexibility index (Phi) is 8.75. The van der Waals surface area contributed by atoms with Gasteiger partial charge in [-0.05, 0) is 80.2 Å². The second kappa shape index (κ2) is 11.5. The Hall–Kier alpha value is -2.83. The highest BCUT2D eigenvalue weighted by Crippen LogP contribution is 2.27. The summed E-state index contributed by atoms with van der Waals surface area (Å²) in [5.41, 5.74) is 4.30. The number of halogens is 1. The number of anilines is 4. The van der Waals surface area contributed by atoms with Crippen LogP contribution in [0.4, 0.5) is 23.1 Å². The zero-order valence-corrected chi connectivity index (χ0v) is 21.4. The maximum absolute atomic E-state index is 5.90. The van der Waals surface area contributed by atoms with Gasteiger partial charge in [-0.25, -0.2) is 4.98 Å². The van der Waals surface area contributed by atoms with E-state index in [-0.39, 0.29) is 17.8 Å². The lowest BCUT2D eigenvalue weighted by atomic mass is 9.87. The molecule has 1 saturated heterocycles. The van der Waals surface area contributed by atoms with E-state index in [9.17, 15) is 0 Å². The van der Waals surface area contributed by atoms with Gasteiger partial charge in [0, 0.05) is 29.7 Å². The molecule has 1 fully saturated rings. The Labute approximate surface area is 209 Å². The first-order valence-electron chi connectivity index (χ1n) is 11.8. The average molecular weight is 482 g/mol. The minimum atomic E-state index is 0. The van der Waals surface area contributed by atoms with Crippen molar-refractivity contribution in [2.24, 2.45) is 0 Å². The molecule has 3 aromatic rings. The number of likely N-dealkylation sites (tertiary alicyclic amines) is 1. The van der Waals surface area contributed by atoms with Crippen molar-refractivity contribution in [1.82, 2.24) is 14.9 Å². The van der Waals surface area contributed by atoms with Gasteiger partial charge in [-0.15, -0.1) is 12.4 Å². The van der Waals surface area contributed by atoms with E-state index in [4.69, 9.17) is 9.72 Å². The fourth-order valence-electron chi connectivity index (χ4n) is 3.89. The van der Waals surface area contributed by atoms with E-state index in [0.29, 0.717) is 5.95 Å². The van der Waals surface area contributed by atoms with Crippen LogP contribution in [0.3, 0.4) is 0 Å². The standard InChI is InChI=1S/C27H35N5O.ClH/c1-20-19-28-26(31-25(20)29-23-9-7-8-21(18-23)27(2,3)4)30-22-10-12-24(13-11-22)33-17-16-32-14-5-6-15-32;/h7-13,18-19H,5-6,14-17H2,1-4H3,(H2,28,29,30,31);1H. The van der Waals surface area contributed by atoms with Crippen LogP contribution in [0, 0.1) is 6.92 Å². The van der Waals surface area contributed by atoms with Gasteiger partial charge < -0.3 is 15.4 Å². The number of hydrogen-bond donors (Lipinski definition) is 2. The van der Waals surface area contributed by atoms with E-state index >= 15 is 0 Å². The Bertz CT molecular complexity index is 1060. The molecule has 2 aromatic carbocycles. The van der Waals surface area contributed by atoms with Gasteiger partial charge in [0.1, 0.15) is 18.2 Å². The van der Waals surface area contributed by atoms with Crippen molar-refractivity contribution < 1.29 is 4.74 Å². The molecule has 0 unspecified atom stereocenters. The molecular weight excluding hydrogens is 446 g/mol. The summed E-state index contributed by atoms with van der Waals surface area (Å²) in [6.45, 7) is 12.8. The fourth-order valence-corrected chi connectivity index (χ4v) is 3.89. The first kappa shape index (κ1) is 25.8. The quantitative estimate of drug-likeness (QED) is 0.384. The minimum absolute atomic E-state index is 0. The summed E-state index contributed by atoms with van der Waals surface area (Å²) >= 11 is 0. The third kappa shape index (κ3) is 7.08. The first-order valence-corrected chi connectivity index (χ1v) is 11.8. The highest BCUT2D eigenvalue weighted by molar-refractivity contribution is 5.85. The molecule has 0 aliphatic carbocycles. The number of rotatable bonds is 8.